The van der Waals surface area contributed by atoms with Crippen molar-refractivity contribution in [2.75, 3.05) is 14.2 Å². The molecule has 0 aliphatic rings. The lowest BCUT2D eigenvalue weighted by Crippen LogP contribution is -2.39. The standard InChI is InChI=1S/C19H22FNO3/c1-19(2,14-9-10-16(23-3)17(11-14)24-4)18(22)21-12-13-7-5-6-8-15(13)20/h5-11H,12H2,1-4H3,(H,21,22). The van der Waals surface area contributed by atoms with Crippen LogP contribution < -0.4 is 14.8 Å². The molecule has 0 aliphatic carbocycles. The highest BCUT2D eigenvalue weighted by atomic mass is 19.1. The van der Waals surface area contributed by atoms with Gasteiger partial charge in [-0.25, -0.2) is 4.39 Å². The van der Waals surface area contributed by atoms with Crippen molar-refractivity contribution in [1.29, 1.82) is 0 Å². The zero-order valence-corrected chi connectivity index (χ0v) is 14.4. The number of carbonyl (C=O) groups is 1. The summed E-state index contributed by atoms with van der Waals surface area (Å²) in [7, 11) is 3.11. The van der Waals surface area contributed by atoms with Crippen molar-refractivity contribution in [3.63, 3.8) is 0 Å². The summed E-state index contributed by atoms with van der Waals surface area (Å²) in [4.78, 5) is 12.6. The molecule has 0 atom stereocenters. The molecule has 1 amide bonds. The van der Waals surface area contributed by atoms with Gasteiger partial charge in [-0.2, -0.15) is 0 Å². The number of rotatable bonds is 6. The van der Waals surface area contributed by atoms with Crippen LogP contribution in [0, 0.1) is 5.82 Å². The Kier molecular flexibility index (Phi) is 5.44. The largest absolute Gasteiger partial charge is 0.493 e. The highest BCUT2D eigenvalue weighted by molar-refractivity contribution is 5.87. The van der Waals surface area contributed by atoms with Gasteiger partial charge < -0.3 is 14.8 Å². The Balaban J connectivity index is 2.17. The van der Waals surface area contributed by atoms with Crippen LogP contribution in [0.2, 0.25) is 0 Å². The number of amides is 1. The molecular weight excluding hydrogens is 309 g/mol. The zero-order valence-electron chi connectivity index (χ0n) is 14.4. The Labute approximate surface area is 141 Å². The van der Waals surface area contributed by atoms with Crippen LogP contribution in [0.4, 0.5) is 4.39 Å². The van der Waals surface area contributed by atoms with Gasteiger partial charge in [-0.05, 0) is 37.6 Å². The van der Waals surface area contributed by atoms with Crippen LogP contribution in [0.5, 0.6) is 11.5 Å². The van der Waals surface area contributed by atoms with E-state index >= 15 is 0 Å². The average molecular weight is 331 g/mol. The van der Waals surface area contributed by atoms with Crippen LogP contribution in [-0.2, 0) is 16.8 Å². The van der Waals surface area contributed by atoms with Gasteiger partial charge in [0.05, 0.1) is 19.6 Å². The summed E-state index contributed by atoms with van der Waals surface area (Å²) in [5.41, 5.74) is 0.435. The fraction of sp³-hybridized carbons (Fsp3) is 0.316. The number of nitrogens with one attached hydrogen (secondary N) is 1. The molecule has 0 unspecified atom stereocenters. The number of halogens is 1. The first-order chi connectivity index (χ1) is 11.4. The summed E-state index contributed by atoms with van der Waals surface area (Å²) in [6.07, 6.45) is 0. The molecular formula is C19H22FNO3. The molecule has 128 valence electrons. The molecule has 0 heterocycles. The van der Waals surface area contributed by atoms with Gasteiger partial charge in [0.25, 0.3) is 0 Å². The van der Waals surface area contributed by atoms with Gasteiger partial charge in [-0.3, -0.25) is 4.79 Å². The van der Waals surface area contributed by atoms with E-state index in [0.717, 1.165) is 5.56 Å². The SMILES string of the molecule is COc1ccc(C(C)(C)C(=O)NCc2ccccc2F)cc1OC. The Hall–Kier alpha value is -2.56. The van der Waals surface area contributed by atoms with Gasteiger partial charge in [0, 0.05) is 12.1 Å². The minimum Gasteiger partial charge on any atom is -0.493 e. The van der Waals surface area contributed by atoms with Crippen LogP contribution in [0.3, 0.4) is 0 Å². The Morgan fingerprint density at radius 3 is 2.38 bits per heavy atom. The van der Waals surface area contributed by atoms with Gasteiger partial charge in [0.2, 0.25) is 5.91 Å². The first-order valence-corrected chi connectivity index (χ1v) is 7.64. The maximum atomic E-state index is 13.7. The van der Waals surface area contributed by atoms with E-state index in [9.17, 15) is 9.18 Å². The molecule has 1 N–H and O–H groups in total. The van der Waals surface area contributed by atoms with E-state index in [4.69, 9.17) is 9.47 Å². The van der Waals surface area contributed by atoms with Gasteiger partial charge in [-0.15, -0.1) is 0 Å². The molecule has 0 bridgehead atoms. The van der Waals surface area contributed by atoms with E-state index in [1.165, 1.54) is 6.07 Å². The number of hydrogen-bond acceptors (Lipinski definition) is 3. The molecule has 0 radical (unpaired) electrons. The first-order valence-electron chi connectivity index (χ1n) is 7.64. The Morgan fingerprint density at radius 1 is 1.08 bits per heavy atom. The van der Waals surface area contributed by atoms with Crippen molar-refractivity contribution >= 4 is 5.91 Å². The number of ether oxygens (including phenoxy) is 2. The van der Waals surface area contributed by atoms with Gasteiger partial charge in [-0.1, -0.05) is 24.3 Å². The molecule has 0 aromatic heterocycles. The zero-order chi connectivity index (χ0) is 17.7. The quantitative estimate of drug-likeness (QED) is 0.882. The third-order valence-electron chi connectivity index (χ3n) is 4.07. The van der Waals surface area contributed by atoms with Crippen LogP contribution in [-0.4, -0.2) is 20.1 Å². The van der Waals surface area contributed by atoms with Crippen molar-refractivity contribution in [2.24, 2.45) is 0 Å². The molecule has 0 saturated heterocycles. The monoisotopic (exact) mass is 331 g/mol. The molecule has 5 heteroatoms. The van der Waals surface area contributed by atoms with Crippen molar-refractivity contribution in [3.8, 4) is 11.5 Å². The molecule has 4 nitrogen and oxygen atoms in total. The third kappa shape index (κ3) is 3.67. The van der Waals surface area contributed by atoms with Crippen molar-refractivity contribution in [2.45, 2.75) is 25.8 Å². The van der Waals surface area contributed by atoms with Crippen molar-refractivity contribution in [1.82, 2.24) is 5.32 Å². The van der Waals surface area contributed by atoms with E-state index in [2.05, 4.69) is 5.32 Å². The van der Waals surface area contributed by atoms with E-state index in [0.29, 0.717) is 17.1 Å². The van der Waals surface area contributed by atoms with Crippen LogP contribution in [0.1, 0.15) is 25.0 Å². The summed E-state index contributed by atoms with van der Waals surface area (Å²) >= 11 is 0. The summed E-state index contributed by atoms with van der Waals surface area (Å²) in [5.74, 6) is 0.633. The minimum atomic E-state index is -0.801. The van der Waals surface area contributed by atoms with Crippen molar-refractivity contribution in [3.05, 3.63) is 59.4 Å². The van der Waals surface area contributed by atoms with Gasteiger partial charge in [0.1, 0.15) is 5.82 Å². The normalized spacial score (nSPS) is 11.0. The number of hydrogen-bond donors (Lipinski definition) is 1. The van der Waals surface area contributed by atoms with Crippen LogP contribution in [0.15, 0.2) is 42.5 Å². The fourth-order valence-electron chi connectivity index (χ4n) is 2.39. The molecule has 2 aromatic rings. The summed E-state index contributed by atoms with van der Waals surface area (Å²) < 4.78 is 24.2. The topological polar surface area (TPSA) is 47.6 Å². The third-order valence-corrected chi connectivity index (χ3v) is 4.07. The minimum absolute atomic E-state index is 0.141. The predicted octanol–water partition coefficient (Wildman–Crippen LogP) is 3.44. The molecule has 2 rings (SSSR count). The van der Waals surface area contributed by atoms with Gasteiger partial charge in [0.15, 0.2) is 11.5 Å². The molecule has 0 saturated carbocycles. The van der Waals surface area contributed by atoms with E-state index < -0.39 is 5.41 Å². The number of carbonyl (C=O) groups excluding carboxylic acids is 1. The molecule has 0 fully saturated rings. The lowest BCUT2D eigenvalue weighted by Gasteiger charge is -2.25. The predicted molar refractivity (Wildman–Crippen MR) is 90.8 cm³/mol. The molecule has 2 aromatic carbocycles. The van der Waals surface area contributed by atoms with Gasteiger partial charge >= 0.3 is 0 Å². The Morgan fingerprint density at radius 2 is 1.75 bits per heavy atom. The average Bonchev–Trinajstić information content (AvgIpc) is 2.59. The van der Waals surface area contributed by atoms with Crippen LogP contribution >= 0.6 is 0 Å². The van der Waals surface area contributed by atoms with E-state index in [-0.39, 0.29) is 18.3 Å². The fourth-order valence-corrected chi connectivity index (χ4v) is 2.39. The molecule has 0 spiro atoms. The highest BCUT2D eigenvalue weighted by Crippen LogP contribution is 2.33. The van der Waals surface area contributed by atoms with Crippen molar-refractivity contribution < 1.29 is 18.7 Å². The molecule has 0 aliphatic heterocycles. The molecule has 24 heavy (non-hydrogen) atoms. The summed E-state index contributed by atoms with van der Waals surface area (Å²) in [6, 6.07) is 11.8. The summed E-state index contributed by atoms with van der Waals surface area (Å²) in [5, 5.41) is 2.79. The second-order valence-corrected chi connectivity index (χ2v) is 5.97. The second kappa shape index (κ2) is 7.34. The lowest BCUT2D eigenvalue weighted by molar-refractivity contribution is -0.125. The maximum Gasteiger partial charge on any atom is 0.230 e. The maximum absolute atomic E-state index is 13.7. The smallest absolute Gasteiger partial charge is 0.230 e. The van der Waals surface area contributed by atoms with Crippen LogP contribution in [0.25, 0.3) is 0 Å². The highest BCUT2D eigenvalue weighted by Gasteiger charge is 2.30. The first kappa shape index (κ1) is 17.8. The number of methoxy groups -OCH3 is 2. The Bertz CT molecular complexity index is 728. The second-order valence-electron chi connectivity index (χ2n) is 5.97. The van der Waals surface area contributed by atoms with E-state index in [1.807, 2.05) is 19.9 Å². The summed E-state index contributed by atoms with van der Waals surface area (Å²) in [6.45, 7) is 3.76. The van der Waals surface area contributed by atoms with E-state index in [1.54, 1.807) is 44.6 Å². The number of benzene rings is 2. The lowest BCUT2D eigenvalue weighted by atomic mass is 9.83.